The fraction of sp³-hybridized carbons (Fsp3) is 0.789. The van der Waals surface area contributed by atoms with Gasteiger partial charge in [0.25, 0.3) is 0 Å². The third-order valence-corrected chi connectivity index (χ3v) is 5.62. The molecule has 0 aromatic rings. The molecule has 0 aromatic carbocycles. The molecule has 1 unspecified atom stereocenters. The Kier molecular flexibility index (Phi) is 7.90. The van der Waals surface area contributed by atoms with E-state index in [0.29, 0.717) is 17.9 Å². The molecule has 0 aromatic heterocycles. The van der Waals surface area contributed by atoms with Gasteiger partial charge in [-0.25, -0.2) is 9.59 Å². The summed E-state index contributed by atoms with van der Waals surface area (Å²) in [4.78, 5) is 22.7. The Morgan fingerprint density at radius 2 is 1.64 bits per heavy atom. The molecule has 142 valence electrons. The molecular weight excluding hydrogens is 320 g/mol. The highest BCUT2D eigenvalue weighted by molar-refractivity contribution is 5.90. The number of carbonyl (C=O) groups excluding carboxylic acids is 1. The molecule has 0 bridgehead atoms. The molecule has 0 amide bonds. The number of aliphatic carboxylic acids is 1. The van der Waals surface area contributed by atoms with Gasteiger partial charge in [0.05, 0.1) is 0 Å². The van der Waals surface area contributed by atoms with Gasteiger partial charge in [-0.05, 0) is 69.7 Å². The molecule has 2 aliphatic rings. The van der Waals surface area contributed by atoms with Crippen LogP contribution in [0.4, 0.5) is 0 Å². The molecule has 1 atom stereocenters. The topological polar surface area (TPSA) is 102 Å². The molecule has 6 heteroatoms. The summed E-state index contributed by atoms with van der Waals surface area (Å²) in [7, 11) is 0. The minimum Gasteiger partial charge on any atom is -0.478 e. The highest BCUT2D eigenvalue weighted by Crippen LogP contribution is 2.37. The summed E-state index contributed by atoms with van der Waals surface area (Å²) in [5, 5.41) is 12.2. The Morgan fingerprint density at radius 1 is 1.08 bits per heavy atom. The first kappa shape index (κ1) is 19.9. The van der Waals surface area contributed by atoms with E-state index in [9.17, 15) is 9.59 Å². The largest absolute Gasteiger partial charge is 0.478 e. The van der Waals surface area contributed by atoms with Crippen molar-refractivity contribution in [3.63, 3.8) is 0 Å². The van der Waals surface area contributed by atoms with E-state index in [0.717, 1.165) is 70.1 Å². The number of hydrogen-bond donors (Lipinski definition) is 3. The van der Waals surface area contributed by atoms with Crippen LogP contribution < -0.4 is 11.1 Å². The normalized spacial score (nSPS) is 31.6. The maximum absolute atomic E-state index is 12.1. The third kappa shape index (κ3) is 6.44. The summed E-state index contributed by atoms with van der Waals surface area (Å²) in [6.45, 7) is 3.10. The van der Waals surface area contributed by atoms with Crippen LogP contribution in [0.3, 0.4) is 0 Å². The molecule has 2 rings (SSSR count). The number of carbonyl (C=O) groups is 2. The Labute approximate surface area is 150 Å². The van der Waals surface area contributed by atoms with Gasteiger partial charge in [0.1, 0.15) is 6.10 Å². The van der Waals surface area contributed by atoms with Crippen LogP contribution in [0.5, 0.6) is 0 Å². The Hall–Kier alpha value is -1.40. The van der Waals surface area contributed by atoms with Gasteiger partial charge in [-0.2, -0.15) is 0 Å². The Balaban J connectivity index is 1.99. The van der Waals surface area contributed by atoms with Gasteiger partial charge in [-0.1, -0.05) is 6.92 Å². The fourth-order valence-corrected chi connectivity index (χ4v) is 4.30. The monoisotopic (exact) mass is 352 g/mol. The maximum atomic E-state index is 12.1. The summed E-state index contributed by atoms with van der Waals surface area (Å²) in [6.07, 6.45) is 9.93. The summed E-state index contributed by atoms with van der Waals surface area (Å²) < 4.78 is 5.76. The van der Waals surface area contributed by atoms with E-state index in [2.05, 4.69) is 12.2 Å². The van der Waals surface area contributed by atoms with E-state index >= 15 is 0 Å². The van der Waals surface area contributed by atoms with Crippen LogP contribution in [0, 0.1) is 11.8 Å². The van der Waals surface area contributed by atoms with Gasteiger partial charge in [-0.15, -0.1) is 0 Å². The number of hydrogen-bond acceptors (Lipinski definition) is 5. The number of esters is 1. The number of carboxylic acids is 1. The van der Waals surface area contributed by atoms with Crippen LogP contribution >= 0.6 is 0 Å². The zero-order valence-corrected chi connectivity index (χ0v) is 15.2. The second-order valence-corrected chi connectivity index (χ2v) is 7.42. The average Bonchev–Trinajstić information content (AvgIpc) is 2.60. The number of ether oxygens (including phenoxy) is 1. The summed E-state index contributed by atoms with van der Waals surface area (Å²) in [5.41, 5.74) is 6.02. The van der Waals surface area contributed by atoms with Crippen molar-refractivity contribution in [2.75, 3.05) is 6.54 Å². The summed E-state index contributed by atoms with van der Waals surface area (Å²) in [5.74, 6) is -0.988. The van der Waals surface area contributed by atoms with Crippen molar-refractivity contribution in [2.45, 2.75) is 76.5 Å². The van der Waals surface area contributed by atoms with Crippen LogP contribution in [0.2, 0.25) is 0 Å². The van der Waals surface area contributed by atoms with Gasteiger partial charge in [-0.3, -0.25) is 0 Å². The zero-order valence-electron chi connectivity index (χ0n) is 15.2. The molecule has 25 heavy (non-hydrogen) atoms. The standard InChI is InChI=1S/C19H32N2O4/c1-2-21-16-9-5-14(6-10-16)19(13-3-7-15(20)8-4-13)25-18(24)12-11-17(22)23/h11-16,19,21H,2-10,20H2,1H3,(H,22,23)/b12-11-. The smallest absolute Gasteiger partial charge is 0.331 e. The molecule has 0 aliphatic heterocycles. The summed E-state index contributed by atoms with van der Waals surface area (Å²) in [6, 6.07) is 0.813. The first-order valence-electron chi connectivity index (χ1n) is 9.60. The first-order chi connectivity index (χ1) is 12.0. The van der Waals surface area contributed by atoms with Crippen molar-refractivity contribution < 1.29 is 19.4 Å². The minimum atomic E-state index is -1.14. The molecule has 2 aliphatic carbocycles. The van der Waals surface area contributed by atoms with E-state index < -0.39 is 11.9 Å². The van der Waals surface area contributed by atoms with Crippen molar-refractivity contribution in [1.29, 1.82) is 0 Å². The minimum absolute atomic E-state index is 0.124. The number of rotatable bonds is 7. The lowest BCUT2D eigenvalue weighted by Crippen LogP contribution is -2.42. The molecule has 0 radical (unpaired) electrons. The van der Waals surface area contributed by atoms with E-state index in [1.165, 1.54) is 0 Å². The predicted octanol–water partition coefficient (Wildman–Crippen LogP) is 2.22. The quantitative estimate of drug-likeness (QED) is 0.480. The number of carboxylic acid groups (broad SMARTS) is 1. The van der Waals surface area contributed by atoms with Crippen molar-refractivity contribution in [2.24, 2.45) is 17.6 Å². The lowest BCUT2D eigenvalue weighted by atomic mass is 9.73. The number of nitrogens with one attached hydrogen (secondary N) is 1. The molecule has 0 saturated heterocycles. The highest BCUT2D eigenvalue weighted by Gasteiger charge is 2.36. The average molecular weight is 352 g/mol. The highest BCUT2D eigenvalue weighted by atomic mass is 16.5. The lowest BCUT2D eigenvalue weighted by Gasteiger charge is -2.39. The van der Waals surface area contributed by atoms with Crippen LogP contribution in [-0.2, 0) is 14.3 Å². The molecule has 0 spiro atoms. The van der Waals surface area contributed by atoms with Crippen molar-refractivity contribution in [3.8, 4) is 0 Å². The second-order valence-electron chi connectivity index (χ2n) is 7.42. The van der Waals surface area contributed by atoms with Crippen LogP contribution in [-0.4, -0.2) is 41.8 Å². The van der Waals surface area contributed by atoms with E-state index in [1.54, 1.807) is 0 Å². The molecule has 0 heterocycles. The molecule has 6 nitrogen and oxygen atoms in total. The van der Waals surface area contributed by atoms with Gasteiger partial charge < -0.3 is 20.9 Å². The van der Waals surface area contributed by atoms with Crippen LogP contribution in [0.1, 0.15) is 58.3 Å². The molecule has 2 saturated carbocycles. The number of nitrogens with two attached hydrogens (primary N) is 1. The van der Waals surface area contributed by atoms with E-state index in [-0.39, 0.29) is 12.1 Å². The Morgan fingerprint density at radius 3 is 2.16 bits per heavy atom. The second kappa shape index (κ2) is 9.92. The van der Waals surface area contributed by atoms with Gasteiger partial charge in [0, 0.05) is 24.2 Å². The first-order valence-corrected chi connectivity index (χ1v) is 9.60. The lowest BCUT2D eigenvalue weighted by molar-refractivity contribution is -0.151. The molecule has 2 fully saturated rings. The third-order valence-electron chi connectivity index (χ3n) is 5.62. The zero-order chi connectivity index (χ0) is 18.2. The van der Waals surface area contributed by atoms with Crippen molar-refractivity contribution in [1.82, 2.24) is 5.32 Å². The maximum Gasteiger partial charge on any atom is 0.331 e. The van der Waals surface area contributed by atoms with Crippen molar-refractivity contribution in [3.05, 3.63) is 12.2 Å². The SMILES string of the molecule is CCNC1CCC(C(OC(=O)/C=C\C(=O)O)C2CCC(N)CC2)CC1. The van der Waals surface area contributed by atoms with Gasteiger partial charge >= 0.3 is 11.9 Å². The van der Waals surface area contributed by atoms with Crippen LogP contribution in [0.15, 0.2) is 12.2 Å². The summed E-state index contributed by atoms with van der Waals surface area (Å²) >= 11 is 0. The van der Waals surface area contributed by atoms with E-state index in [4.69, 9.17) is 15.6 Å². The van der Waals surface area contributed by atoms with Crippen LogP contribution in [0.25, 0.3) is 0 Å². The van der Waals surface area contributed by atoms with Gasteiger partial charge in [0.15, 0.2) is 0 Å². The Bertz CT molecular complexity index is 464. The predicted molar refractivity (Wildman–Crippen MR) is 96.0 cm³/mol. The van der Waals surface area contributed by atoms with Crippen molar-refractivity contribution >= 4 is 11.9 Å². The fourth-order valence-electron chi connectivity index (χ4n) is 4.30. The van der Waals surface area contributed by atoms with Gasteiger partial charge in [0.2, 0.25) is 0 Å². The molecular formula is C19H32N2O4. The molecule has 4 N–H and O–H groups in total. The van der Waals surface area contributed by atoms with E-state index in [1.807, 2.05) is 0 Å².